The lowest BCUT2D eigenvalue weighted by Crippen LogP contribution is -2.81. The number of carbonyl (C=O) groups excluding carboxylic acids is 4. The van der Waals surface area contributed by atoms with Gasteiger partial charge in [0.1, 0.15) is 17.8 Å². The smallest absolute Gasteiger partial charge is 0.338 e. The van der Waals surface area contributed by atoms with E-state index in [1.54, 1.807) is 44.2 Å². The van der Waals surface area contributed by atoms with E-state index < -0.39 is 76.1 Å². The molecule has 1 aromatic carbocycles. The van der Waals surface area contributed by atoms with Crippen molar-refractivity contribution in [3.05, 3.63) is 47.0 Å². The summed E-state index contributed by atoms with van der Waals surface area (Å²) >= 11 is 0. The number of carbonyl (C=O) groups is 4. The van der Waals surface area contributed by atoms with Gasteiger partial charge in [0.15, 0.2) is 17.5 Å². The van der Waals surface area contributed by atoms with E-state index in [0.29, 0.717) is 12.0 Å². The predicted molar refractivity (Wildman–Crippen MR) is 143 cm³/mol. The second-order valence-corrected chi connectivity index (χ2v) is 12.6. The maximum atomic E-state index is 14.8. The Hall–Kier alpha value is -3.08. The highest BCUT2D eigenvalue weighted by Crippen LogP contribution is 2.64. The molecule has 0 spiro atoms. The van der Waals surface area contributed by atoms with Crippen LogP contribution in [-0.4, -0.2) is 76.1 Å². The molecule has 1 heterocycles. The van der Waals surface area contributed by atoms with Crippen molar-refractivity contribution in [3.63, 3.8) is 0 Å². The molecular formula is C31H38O10. The average molecular weight is 571 g/mol. The molecule has 41 heavy (non-hydrogen) atoms. The SMILES string of the molecule is CC(=O)OC1C(=O)C2(C)C(O)C[C@H]3OC[C@]3(OC(C)=O)[C@@H]2[C@@H](OC(=O)c2ccccc2)C2(O)CCC(C)=C1C2(C)C. The number of benzene rings is 1. The van der Waals surface area contributed by atoms with Crippen molar-refractivity contribution in [2.45, 2.75) is 96.4 Å². The highest BCUT2D eigenvalue weighted by atomic mass is 16.6. The van der Waals surface area contributed by atoms with Gasteiger partial charge in [-0.15, -0.1) is 0 Å². The number of ether oxygens (including phenoxy) is 4. The fourth-order valence-electron chi connectivity index (χ4n) is 7.93. The summed E-state index contributed by atoms with van der Waals surface area (Å²) < 4.78 is 23.7. The van der Waals surface area contributed by atoms with E-state index >= 15 is 0 Å². The van der Waals surface area contributed by atoms with Crippen molar-refractivity contribution in [1.29, 1.82) is 0 Å². The van der Waals surface area contributed by atoms with Crippen molar-refractivity contribution in [2.24, 2.45) is 16.7 Å². The third kappa shape index (κ3) is 4.09. The molecule has 2 saturated carbocycles. The number of aliphatic hydroxyl groups is 2. The van der Waals surface area contributed by atoms with Gasteiger partial charge in [0.2, 0.25) is 0 Å². The first-order chi connectivity index (χ1) is 19.1. The van der Waals surface area contributed by atoms with E-state index in [4.69, 9.17) is 18.9 Å². The molecule has 222 valence electrons. The van der Waals surface area contributed by atoms with Crippen LogP contribution in [0, 0.1) is 16.7 Å². The van der Waals surface area contributed by atoms with Crippen LogP contribution < -0.4 is 0 Å². The molecular weight excluding hydrogens is 532 g/mol. The Morgan fingerprint density at radius 3 is 2.24 bits per heavy atom. The predicted octanol–water partition coefficient (Wildman–Crippen LogP) is 2.68. The Morgan fingerprint density at radius 1 is 1.02 bits per heavy atom. The summed E-state index contributed by atoms with van der Waals surface area (Å²) in [5.41, 5.74) is -4.98. The molecule has 3 fully saturated rings. The third-order valence-electron chi connectivity index (χ3n) is 10.1. The van der Waals surface area contributed by atoms with Gasteiger partial charge < -0.3 is 29.2 Å². The first-order valence-corrected chi connectivity index (χ1v) is 14.0. The van der Waals surface area contributed by atoms with Gasteiger partial charge in [0.25, 0.3) is 0 Å². The van der Waals surface area contributed by atoms with Crippen LogP contribution in [0.3, 0.4) is 0 Å². The van der Waals surface area contributed by atoms with Crippen molar-refractivity contribution in [3.8, 4) is 0 Å². The molecule has 3 aliphatic carbocycles. The first kappa shape index (κ1) is 29.4. The van der Waals surface area contributed by atoms with Crippen molar-refractivity contribution in [1.82, 2.24) is 0 Å². The van der Waals surface area contributed by atoms with Crippen LogP contribution in [0.25, 0.3) is 0 Å². The minimum Gasteiger partial charge on any atom is -0.455 e. The van der Waals surface area contributed by atoms with Gasteiger partial charge in [0.05, 0.1) is 29.6 Å². The van der Waals surface area contributed by atoms with Crippen molar-refractivity contribution >= 4 is 23.7 Å². The standard InChI is InChI=1S/C31H38O10/c1-16-12-13-31(37)26(40-27(36)19-10-8-7-9-11-19)24-29(6,20(34)14-21-30(24,15-38-21)41-18(3)33)25(35)23(39-17(2)32)22(16)28(31,4)5/h7-11,20-21,23-24,26,34,37H,12-15H2,1-6H3/t20?,21-,23?,24-,26-,29?,30-,31?/m1/s1. The monoisotopic (exact) mass is 570 g/mol. The van der Waals surface area contributed by atoms with E-state index in [0.717, 1.165) is 5.57 Å². The van der Waals surface area contributed by atoms with Gasteiger partial charge in [-0.05, 0) is 44.4 Å². The summed E-state index contributed by atoms with van der Waals surface area (Å²) in [4.78, 5) is 53.4. The van der Waals surface area contributed by atoms with Gasteiger partial charge >= 0.3 is 17.9 Å². The number of hydrogen-bond donors (Lipinski definition) is 2. The van der Waals surface area contributed by atoms with Crippen molar-refractivity contribution < 1.29 is 48.3 Å². The average Bonchev–Trinajstić information content (AvgIpc) is 2.89. The Balaban J connectivity index is 1.81. The zero-order valence-corrected chi connectivity index (χ0v) is 24.3. The number of Topliss-reactive ketones (excluding diaryl/α,β-unsaturated/α-hetero) is 1. The lowest BCUT2D eigenvalue weighted by atomic mass is 9.45. The first-order valence-electron chi connectivity index (χ1n) is 14.0. The quantitative estimate of drug-likeness (QED) is 0.315. The Bertz CT molecular complexity index is 1320. The Labute approximate surface area is 239 Å². The second-order valence-electron chi connectivity index (χ2n) is 12.6. The van der Waals surface area contributed by atoms with E-state index in [1.807, 2.05) is 6.92 Å². The number of esters is 3. The Kier molecular flexibility index (Phi) is 6.99. The maximum absolute atomic E-state index is 14.8. The highest BCUT2D eigenvalue weighted by molar-refractivity contribution is 5.95. The fourth-order valence-corrected chi connectivity index (χ4v) is 7.93. The molecule has 8 atom stereocenters. The van der Waals surface area contributed by atoms with Crippen LogP contribution in [0.5, 0.6) is 0 Å². The third-order valence-corrected chi connectivity index (χ3v) is 10.1. The number of allylic oxidation sites excluding steroid dienone is 1. The number of fused-ring (bicyclic) bond motifs is 5. The summed E-state index contributed by atoms with van der Waals surface area (Å²) in [6.45, 7) is 9.08. The molecule has 10 heteroatoms. The Morgan fingerprint density at radius 2 is 1.68 bits per heavy atom. The molecule has 4 aliphatic rings. The summed E-state index contributed by atoms with van der Waals surface area (Å²) in [6, 6.07) is 8.25. The van der Waals surface area contributed by atoms with Crippen LogP contribution in [0.1, 0.15) is 71.2 Å². The molecule has 1 aliphatic heterocycles. The van der Waals surface area contributed by atoms with Crippen LogP contribution in [0.4, 0.5) is 0 Å². The molecule has 1 saturated heterocycles. The van der Waals surface area contributed by atoms with E-state index in [1.165, 1.54) is 20.8 Å². The summed E-state index contributed by atoms with van der Waals surface area (Å²) in [6.07, 6.45) is -4.63. The minimum absolute atomic E-state index is 0.0575. The molecule has 0 amide bonds. The topological polar surface area (TPSA) is 146 Å². The zero-order chi connectivity index (χ0) is 30.1. The molecule has 10 nitrogen and oxygen atoms in total. The summed E-state index contributed by atoms with van der Waals surface area (Å²) in [5.74, 6) is -3.96. The normalized spacial score (nSPS) is 39.2. The van der Waals surface area contributed by atoms with E-state index in [2.05, 4.69) is 0 Å². The van der Waals surface area contributed by atoms with Gasteiger partial charge in [-0.1, -0.05) is 37.6 Å². The lowest BCUT2D eigenvalue weighted by Gasteiger charge is -2.67. The van der Waals surface area contributed by atoms with Gasteiger partial charge in [-0.25, -0.2) is 4.79 Å². The van der Waals surface area contributed by atoms with Gasteiger partial charge in [-0.3, -0.25) is 14.4 Å². The lowest BCUT2D eigenvalue weighted by molar-refractivity contribution is -0.345. The van der Waals surface area contributed by atoms with E-state index in [9.17, 15) is 29.4 Å². The zero-order valence-electron chi connectivity index (χ0n) is 24.3. The molecule has 0 radical (unpaired) electrons. The largest absolute Gasteiger partial charge is 0.455 e. The molecule has 2 bridgehead atoms. The van der Waals surface area contributed by atoms with E-state index in [-0.39, 0.29) is 25.0 Å². The number of rotatable bonds is 4. The molecule has 1 aromatic rings. The van der Waals surface area contributed by atoms with Crippen LogP contribution in [-0.2, 0) is 33.3 Å². The van der Waals surface area contributed by atoms with Gasteiger partial charge in [0, 0.05) is 25.7 Å². The number of hydrogen-bond acceptors (Lipinski definition) is 10. The summed E-state index contributed by atoms with van der Waals surface area (Å²) in [7, 11) is 0. The molecule has 2 N–H and O–H groups in total. The second kappa shape index (κ2) is 9.74. The van der Waals surface area contributed by atoms with Crippen LogP contribution in [0.2, 0.25) is 0 Å². The molecule has 4 unspecified atom stereocenters. The van der Waals surface area contributed by atoms with Crippen molar-refractivity contribution in [2.75, 3.05) is 6.61 Å². The molecule has 0 aromatic heterocycles. The molecule has 5 rings (SSSR count). The van der Waals surface area contributed by atoms with Crippen LogP contribution in [0.15, 0.2) is 41.5 Å². The minimum atomic E-state index is -1.83. The summed E-state index contributed by atoms with van der Waals surface area (Å²) in [5, 5.41) is 24.5. The fraction of sp³-hybridized carbons (Fsp3) is 0.613. The van der Waals surface area contributed by atoms with Crippen LogP contribution >= 0.6 is 0 Å². The maximum Gasteiger partial charge on any atom is 0.338 e. The van der Waals surface area contributed by atoms with Gasteiger partial charge in [-0.2, -0.15) is 0 Å². The highest BCUT2D eigenvalue weighted by Gasteiger charge is 2.77. The number of aliphatic hydroxyl groups excluding tert-OH is 1. The number of ketones is 1.